The third-order valence-corrected chi connectivity index (χ3v) is 5.44. The van der Waals surface area contributed by atoms with Gasteiger partial charge in [-0.3, -0.25) is 9.10 Å². The fourth-order valence-corrected chi connectivity index (χ4v) is 3.98. The van der Waals surface area contributed by atoms with E-state index in [0.29, 0.717) is 37.4 Å². The van der Waals surface area contributed by atoms with Crippen molar-refractivity contribution in [3.05, 3.63) is 59.2 Å². The molecule has 138 valence electrons. The lowest BCUT2D eigenvalue weighted by molar-refractivity contribution is 0.0951. The van der Waals surface area contributed by atoms with Gasteiger partial charge in [-0.15, -0.1) is 0 Å². The monoisotopic (exact) mass is 374 g/mol. The summed E-state index contributed by atoms with van der Waals surface area (Å²) in [5.41, 5.74) is 2.92. The van der Waals surface area contributed by atoms with Gasteiger partial charge in [-0.25, -0.2) is 8.42 Å². The molecule has 0 aromatic heterocycles. The quantitative estimate of drug-likeness (QED) is 0.842. The predicted octanol–water partition coefficient (Wildman–Crippen LogP) is 2.34. The molecule has 0 unspecified atom stereocenters. The van der Waals surface area contributed by atoms with E-state index in [2.05, 4.69) is 5.32 Å². The van der Waals surface area contributed by atoms with E-state index in [9.17, 15) is 13.2 Å². The number of anilines is 1. The number of amides is 1. The highest BCUT2D eigenvalue weighted by atomic mass is 32.2. The van der Waals surface area contributed by atoms with Crippen molar-refractivity contribution in [2.75, 3.05) is 23.7 Å². The van der Waals surface area contributed by atoms with Gasteiger partial charge in [-0.2, -0.15) is 0 Å². The molecule has 26 heavy (non-hydrogen) atoms. The molecule has 2 aromatic rings. The standard InChI is InChI=1S/C19H22N2O4S/c1-3-25-17-6-4-5-14(11-17)13-20-19(22)16-8-7-15-9-10-21(18(15)12-16)26(2,23)24/h4-8,11-12H,3,9-10,13H2,1-2H3,(H,20,22). The molecule has 1 aliphatic heterocycles. The van der Waals surface area contributed by atoms with Crippen molar-refractivity contribution < 1.29 is 17.9 Å². The average Bonchev–Trinajstić information content (AvgIpc) is 3.04. The van der Waals surface area contributed by atoms with Crippen molar-refractivity contribution in [1.82, 2.24) is 5.32 Å². The SMILES string of the molecule is CCOc1cccc(CNC(=O)c2ccc3c(c2)N(S(C)(=O)=O)CC3)c1. The van der Waals surface area contributed by atoms with Gasteiger partial charge in [0, 0.05) is 18.7 Å². The average molecular weight is 374 g/mol. The molecule has 0 aliphatic carbocycles. The molecule has 1 amide bonds. The van der Waals surface area contributed by atoms with Gasteiger partial charge in [-0.1, -0.05) is 18.2 Å². The number of ether oxygens (including phenoxy) is 1. The highest BCUT2D eigenvalue weighted by Crippen LogP contribution is 2.30. The lowest BCUT2D eigenvalue weighted by Gasteiger charge is -2.17. The normalized spacial score (nSPS) is 13.4. The molecule has 6 nitrogen and oxygen atoms in total. The minimum Gasteiger partial charge on any atom is -0.494 e. The van der Waals surface area contributed by atoms with Gasteiger partial charge in [0.05, 0.1) is 18.6 Å². The Morgan fingerprint density at radius 3 is 2.77 bits per heavy atom. The summed E-state index contributed by atoms with van der Waals surface area (Å²) in [4.78, 5) is 12.5. The summed E-state index contributed by atoms with van der Waals surface area (Å²) < 4.78 is 30.6. The van der Waals surface area contributed by atoms with Gasteiger partial charge >= 0.3 is 0 Å². The van der Waals surface area contributed by atoms with Gasteiger partial charge in [0.25, 0.3) is 5.91 Å². The Bertz CT molecular complexity index is 925. The number of carbonyl (C=O) groups is 1. The molecule has 1 aliphatic rings. The van der Waals surface area contributed by atoms with E-state index >= 15 is 0 Å². The molecule has 1 N–H and O–H groups in total. The van der Waals surface area contributed by atoms with Crippen molar-refractivity contribution in [2.24, 2.45) is 0 Å². The number of nitrogens with zero attached hydrogens (tertiary/aromatic N) is 1. The highest BCUT2D eigenvalue weighted by Gasteiger charge is 2.26. The fraction of sp³-hybridized carbons (Fsp3) is 0.316. The number of carbonyl (C=O) groups excluding carboxylic acids is 1. The zero-order valence-electron chi connectivity index (χ0n) is 14.9. The molecule has 0 atom stereocenters. The van der Waals surface area contributed by atoms with E-state index in [0.717, 1.165) is 16.9 Å². The van der Waals surface area contributed by atoms with Crippen LogP contribution in [0.15, 0.2) is 42.5 Å². The summed E-state index contributed by atoms with van der Waals surface area (Å²) in [6.45, 7) is 3.29. The fourth-order valence-electron chi connectivity index (χ4n) is 3.03. The van der Waals surface area contributed by atoms with Gasteiger partial charge < -0.3 is 10.1 Å². The van der Waals surface area contributed by atoms with E-state index in [1.165, 1.54) is 10.6 Å². The van der Waals surface area contributed by atoms with Gasteiger partial charge in [0.2, 0.25) is 10.0 Å². The van der Waals surface area contributed by atoms with Crippen molar-refractivity contribution in [3.63, 3.8) is 0 Å². The highest BCUT2D eigenvalue weighted by molar-refractivity contribution is 7.92. The maximum Gasteiger partial charge on any atom is 0.251 e. The van der Waals surface area contributed by atoms with Gasteiger partial charge in [0.1, 0.15) is 5.75 Å². The molecule has 0 fully saturated rings. The van der Waals surface area contributed by atoms with Crippen molar-refractivity contribution >= 4 is 21.6 Å². The zero-order chi connectivity index (χ0) is 18.7. The second-order valence-electron chi connectivity index (χ2n) is 6.19. The third kappa shape index (κ3) is 3.99. The molecule has 1 heterocycles. The molecule has 0 saturated carbocycles. The maximum atomic E-state index is 12.5. The van der Waals surface area contributed by atoms with Crippen LogP contribution >= 0.6 is 0 Å². The number of benzene rings is 2. The van der Waals surface area contributed by atoms with Crippen molar-refractivity contribution in [3.8, 4) is 5.75 Å². The predicted molar refractivity (Wildman–Crippen MR) is 101 cm³/mol. The summed E-state index contributed by atoms with van der Waals surface area (Å²) in [5.74, 6) is 0.524. The minimum absolute atomic E-state index is 0.241. The van der Waals surface area contributed by atoms with Crippen LogP contribution < -0.4 is 14.4 Å². The molecular weight excluding hydrogens is 352 g/mol. The van der Waals surface area contributed by atoms with Crippen LogP contribution in [0.2, 0.25) is 0 Å². The van der Waals surface area contributed by atoms with Gasteiger partial charge in [0.15, 0.2) is 0 Å². The van der Waals surface area contributed by atoms with E-state index < -0.39 is 10.0 Å². The molecule has 7 heteroatoms. The second kappa shape index (κ2) is 7.37. The second-order valence-corrected chi connectivity index (χ2v) is 8.10. The lowest BCUT2D eigenvalue weighted by atomic mass is 10.1. The van der Waals surface area contributed by atoms with Crippen LogP contribution in [0.1, 0.15) is 28.4 Å². The minimum atomic E-state index is -3.34. The maximum absolute atomic E-state index is 12.5. The Balaban J connectivity index is 1.72. The van der Waals surface area contributed by atoms with Crippen LogP contribution in [0.4, 0.5) is 5.69 Å². The number of nitrogens with one attached hydrogen (secondary N) is 1. The first-order chi connectivity index (χ1) is 12.4. The summed E-state index contributed by atoms with van der Waals surface area (Å²) in [6.07, 6.45) is 1.84. The Hall–Kier alpha value is -2.54. The number of hydrogen-bond donors (Lipinski definition) is 1. The number of rotatable bonds is 6. The van der Waals surface area contributed by atoms with Crippen LogP contribution in [0, 0.1) is 0 Å². The summed E-state index contributed by atoms with van der Waals surface area (Å²) >= 11 is 0. The van der Waals surface area contributed by atoms with Crippen LogP contribution in [0.5, 0.6) is 5.75 Å². The van der Waals surface area contributed by atoms with E-state index in [1.807, 2.05) is 37.3 Å². The first-order valence-corrected chi connectivity index (χ1v) is 10.3. The van der Waals surface area contributed by atoms with Gasteiger partial charge in [-0.05, 0) is 48.7 Å². The summed E-state index contributed by atoms with van der Waals surface area (Å²) in [6, 6.07) is 12.8. The number of sulfonamides is 1. The molecule has 0 radical (unpaired) electrons. The largest absolute Gasteiger partial charge is 0.494 e. The first kappa shape index (κ1) is 18.3. The van der Waals surface area contributed by atoms with Crippen LogP contribution in [-0.4, -0.2) is 33.7 Å². The third-order valence-electron chi connectivity index (χ3n) is 4.26. The Labute approximate surface area is 153 Å². The van der Waals surface area contributed by atoms with Crippen molar-refractivity contribution in [2.45, 2.75) is 19.9 Å². The smallest absolute Gasteiger partial charge is 0.251 e. The Morgan fingerprint density at radius 2 is 2.04 bits per heavy atom. The molecule has 3 rings (SSSR count). The number of fused-ring (bicyclic) bond motifs is 1. The molecule has 2 aromatic carbocycles. The summed E-state index contributed by atoms with van der Waals surface area (Å²) in [5, 5.41) is 2.87. The van der Waals surface area contributed by atoms with Crippen LogP contribution in [0.25, 0.3) is 0 Å². The summed E-state index contributed by atoms with van der Waals surface area (Å²) in [7, 11) is -3.34. The van der Waals surface area contributed by atoms with Crippen molar-refractivity contribution in [1.29, 1.82) is 0 Å². The number of hydrogen-bond acceptors (Lipinski definition) is 4. The van der Waals surface area contributed by atoms with E-state index in [-0.39, 0.29) is 5.91 Å². The Kier molecular flexibility index (Phi) is 5.18. The molecule has 0 saturated heterocycles. The van der Waals surface area contributed by atoms with Crippen LogP contribution in [0.3, 0.4) is 0 Å². The first-order valence-electron chi connectivity index (χ1n) is 8.49. The molecule has 0 bridgehead atoms. The Morgan fingerprint density at radius 1 is 1.23 bits per heavy atom. The molecule has 0 spiro atoms. The zero-order valence-corrected chi connectivity index (χ0v) is 15.7. The molecular formula is C19H22N2O4S. The van der Waals surface area contributed by atoms with E-state index in [1.54, 1.807) is 12.1 Å². The topological polar surface area (TPSA) is 75.7 Å². The van der Waals surface area contributed by atoms with E-state index in [4.69, 9.17) is 4.74 Å². The van der Waals surface area contributed by atoms with Crippen LogP contribution in [-0.2, 0) is 23.0 Å². The lowest BCUT2D eigenvalue weighted by Crippen LogP contribution is -2.28.